The van der Waals surface area contributed by atoms with Crippen LogP contribution < -0.4 is 4.74 Å². The molecule has 4 heteroatoms. The Labute approximate surface area is 188 Å². The monoisotopic (exact) mass is 436 g/mol. The zero-order chi connectivity index (χ0) is 23.0. The second kappa shape index (κ2) is 8.31. The van der Waals surface area contributed by atoms with Crippen molar-refractivity contribution in [2.24, 2.45) is 0 Å². The SMILES string of the molecule is CCOC(=O)c1ccc(C=C(c2ccc3c(c2)C(C)(C)CC(C)(C)O3)[Si](C)(C)C)cc1. The van der Waals surface area contributed by atoms with Crippen LogP contribution in [0.2, 0.25) is 19.6 Å². The number of esters is 1. The summed E-state index contributed by atoms with van der Waals surface area (Å²) in [6.07, 6.45) is 3.27. The standard InChI is InChI=1S/C27H36O3Si/c1-9-29-25(28)20-12-10-19(11-13-20)16-24(31(6,7)8)21-14-15-23-22(17-21)26(2,3)18-27(4,5)30-23/h10-17H,9,18H2,1-8H3. The minimum absolute atomic E-state index is 0.0545. The Morgan fingerprint density at radius 3 is 2.23 bits per heavy atom. The normalized spacial score (nSPS) is 17.5. The van der Waals surface area contributed by atoms with Gasteiger partial charge >= 0.3 is 5.97 Å². The molecule has 0 fully saturated rings. The van der Waals surface area contributed by atoms with Crippen LogP contribution in [0.4, 0.5) is 0 Å². The van der Waals surface area contributed by atoms with E-state index in [9.17, 15) is 4.79 Å². The van der Waals surface area contributed by atoms with Crippen LogP contribution in [0.15, 0.2) is 42.5 Å². The van der Waals surface area contributed by atoms with Gasteiger partial charge in [-0.3, -0.25) is 0 Å². The third kappa shape index (κ3) is 5.30. The second-order valence-corrected chi connectivity index (χ2v) is 15.8. The summed E-state index contributed by atoms with van der Waals surface area (Å²) in [5.74, 6) is 0.724. The van der Waals surface area contributed by atoms with E-state index >= 15 is 0 Å². The molecular weight excluding hydrogens is 400 g/mol. The summed E-state index contributed by atoms with van der Waals surface area (Å²) in [5.41, 5.74) is 4.13. The summed E-state index contributed by atoms with van der Waals surface area (Å²) in [6.45, 7) is 18.3. The molecule has 0 aliphatic carbocycles. The Morgan fingerprint density at radius 2 is 1.65 bits per heavy atom. The zero-order valence-electron chi connectivity index (χ0n) is 20.3. The molecule has 0 N–H and O–H groups in total. The fraction of sp³-hybridized carbons (Fsp3) is 0.444. The van der Waals surface area contributed by atoms with Crippen molar-refractivity contribution in [1.29, 1.82) is 0 Å². The van der Waals surface area contributed by atoms with Crippen molar-refractivity contribution in [1.82, 2.24) is 0 Å². The van der Waals surface area contributed by atoms with Gasteiger partial charge in [-0.25, -0.2) is 4.79 Å². The minimum atomic E-state index is -1.65. The van der Waals surface area contributed by atoms with E-state index in [0.717, 1.165) is 17.7 Å². The lowest BCUT2D eigenvalue weighted by Gasteiger charge is -2.42. The van der Waals surface area contributed by atoms with Gasteiger partial charge in [0.25, 0.3) is 0 Å². The molecule has 2 aromatic carbocycles. The average Bonchev–Trinajstić information content (AvgIpc) is 2.64. The Kier molecular flexibility index (Phi) is 6.25. The molecule has 166 valence electrons. The third-order valence-electron chi connectivity index (χ3n) is 5.81. The number of rotatable bonds is 5. The molecule has 0 unspecified atom stereocenters. The first-order valence-electron chi connectivity index (χ1n) is 11.2. The number of hydrogen-bond acceptors (Lipinski definition) is 3. The first-order valence-corrected chi connectivity index (χ1v) is 14.7. The molecule has 1 heterocycles. The second-order valence-electron chi connectivity index (χ2n) is 10.8. The van der Waals surface area contributed by atoms with Crippen LogP contribution >= 0.6 is 0 Å². The lowest BCUT2D eigenvalue weighted by molar-refractivity contribution is 0.0522. The first-order chi connectivity index (χ1) is 14.3. The summed E-state index contributed by atoms with van der Waals surface area (Å²) in [6, 6.07) is 14.4. The number of hydrogen-bond donors (Lipinski definition) is 0. The quantitative estimate of drug-likeness (QED) is 0.284. The topological polar surface area (TPSA) is 35.5 Å². The summed E-state index contributed by atoms with van der Waals surface area (Å²) >= 11 is 0. The molecule has 2 aromatic rings. The van der Waals surface area contributed by atoms with Crippen molar-refractivity contribution in [3.63, 3.8) is 0 Å². The number of ether oxygens (including phenoxy) is 2. The molecule has 3 rings (SSSR count). The fourth-order valence-corrected chi connectivity index (χ4v) is 6.26. The van der Waals surface area contributed by atoms with Gasteiger partial charge in [-0.15, -0.1) is 0 Å². The molecule has 0 radical (unpaired) electrons. The van der Waals surface area contributed by atoms with Gasteiger partial charge in [0, 0.05) is 5.56 Å². The molecule has 0 spiro atoms. The molecule has 1 aliphatic heterocycles. The molecule has 0 saturated carbocycles. The van der Waals surface area contributed by atoms with E-state index in [1.54, 1.807) is 0 Å². The maximum atomic E-state index is 12.0. The van der Waals surface area contributed by atoms with E-state index in [0.29, 0.717) is 12.2 Å². The minimum Gasteiger partial charge on any atom is -0.488 e. The smallest absolute Gasteiger partial charge is 0.338 e. The lowest BCUT2D eigenvalue weighted by Crippen LogP contribution is -2.41. The van der Waals surface area contributed by atoms with Crippen LogP contribution in [0.1, 0.15) is 68.1 Å². The summed E-state index contributed by atoms with van der Waals surface area (Å²) in [4.78, 5) is 12.0. The van der Waals surface area contributed by atoms with Crippen LogP contribution in [0, 0.1) is 0 Å². The van der Waals surface area contributed by atoms with Crippen molar-refractivity contribution in [3.8, 4) is 5.75 Å². The molecule has 0 aromatic heterocycles. The Bertz CT molecular complexity index is 992. The van der Waals surface area contributed by atoms with E-state index in [1.165, 1.54) is 16.3 Å². The molecule has 31 heavy (non-hydrogen) atoms. The first kappa shape index (κ1) is 23.3. The predicted molar refractivity (Wildman–Crippen MR) is 132 cm³/mol. The van der Waals surface area contributed by atoms with Crippen LogP contribution in [0.3, 0.4) is 0 Å². The number of fused-ring (bicyclic) bond motifs is 1. The third-order valence-corrected chi connectivity index (χ3v) is 7.86. The fourth-order valence-electron chi connectivity index (χ4n) is 4.64. The van der Waals surface area contributed by atoms with Gasteiger partial charge in [-0.2, -0.15) is 0 Å². The molecule has 3 nitrogen and oxygen atoms in total. The van der Waals surface area contributed by atoms with E-state index in [4.69, 9.17) is 9.47 Å². The van der Waals surface area contributed by atoms with Gasteiger partial charge in [-0.05, 0) is 68.0 Å². The van der Waals surface area contributed by atoms with Crippen LogP contribution in [0.25, 0.3) is 11.3 Å². The largest absolute Gasteiger partial charge is 0.488 e. The van der Waals surface area contributed by atoms with Crippen LogP contribution in [0.5, 0.6) is 5.75 Å². The highest BCUT2D eigenvalue weighted by molar-refractivity contribution is 6.94. The van der Waals surface area contributed by atoms with E-state index in [2.05, 4.69) is 71.6 Å². The molecule has 0 atom stereocenters. The lowest BCUT2D eigenvalue weighted by atomic mass is 9.73. The van der Waals surface area contributed by atoms with E-state index in [1.807, 2.05) is 31.2 Å². The Hall–Kier alpha value is -2.33. The number of carbonyl (C=O) groups is 1. The van der Waals surface area contributed by atoms with Crippen LogP contribution in [-0.2, 0) is 10.2 Å². The summed E-state index contributed by atoms with van der Waals surface area (Å²) in [5, 5.41) is 1.39. The molecular formula is C27H36O3Si. The van der Waals surface area contributed by atoms with Crippen LogP contribution in [-0.4, -0.2) is 26.3 Å². The van der Waals surface area contributed by atoms with Gasteiger partial charge in [0.1, 0.15) is 11.4 Å². The van der Waals surface area contributed by atoms with Gasteiger partial charge in [0.05, 0.1) is 20.2 Å². The van der Waals surface area contributed by atoms with Crippen molar-refractivity contribution < 1.29 is 14.3 Å². The average molecular weight is 437 g/mol. The molecule has 1 aliphatic rings. The summed E-state index contributed by atoms with van der Waals surface area (Å²) in [7, 11) is -1.65. The van der Waals surface area contributed by atoms with Crippen molar-refractivity contribution in [3.05, 3.63) is 64.7 Å². The van der Waals surface area contributed by atoms with Gasteiger partial charge < -0.3 is 9.47 Å². The van der Waals surface area contributed by atoms with Gasteiger partial charge in [0.2, 0.25) is 0 Å². The highest BCUT2D eigenvalue weighted by atomic mass is 28.3. The molecule has 0 amide bonds. The Balaban J connectivity index is 2.02. The maximum Gasteiger partial charge on any atom is 0.338 e. The van der Waals surface area contributed by atoms with Gasteiger partial charge in [-0.1, -0.05) is 63.0 Å². The highest BCUT2D eigenvalue weighted by Gasteiger charge is 2.39. The van der Waals surface area contributed by atoms with E-state index in [-0.39, 0.29) is 17.0 Å². The van der Waals surface area contributed by atoms with Crippen molar-refractivity contribution in [2.75, 3.05) is 6.61 Å². The summed E-state index contributed by atoms with van der Waals surface area (Å²) < 4.78 is 11.4. The van der Waals surface area contributed by atoms with Crippen molar-refractivity contribution in [2.45, 2.75) is 71.7 Å². The zero-order valence-corrected chi connectivity index (χ0v) is 21.3. The number of carbonyl (C=O) groups excluding carboxylic acids is 1. The highest BCUT2D eigenvalue weighted by Crippen LogP contribution is 2.46. The predicted octanol–water partition coefficient (Wildman–Crippen LogP) is 7.12. The molecule has 0 saturated heterocycles. The van der Waals surface area contributed by atoms with E-state index < -0.39 is 8.07 Å². The Morgan fingerprint density at radius 1 is 1.03 bits per heavy atom. The maximum absolute atomic E-state index is 12.0. The number of benzene rings is 2. The van der Waals surface area contributed by atoms with Crippen molar-refractivity contribution >= 4 is 25.3 Å². The molecule has 0 bridgehead atoms. The van der Waals surface area contributed by atoms with Gasteiger partial charge in [0.15, 0.2) is 0 Å².